The Morgan fingerprint density at radius 3 is 2.61 bits per heavy atom. The van der Waals surface area contributed by atoms with Crippen LogP contribution in [0, 0.1) is 24.1 Å². The van der Waals surface area contributed by atoms with Gasteiger partial charge in [-0.1, -0.05) is 17.7 Å². The van der Waals surface area contributed by atoms with Crippen LogP contribution < -0.4 is 9.62 Å². The van der Waals surface area contributed by atoms with Crippen LogP contribution in [-0.2, 0) is 10.0 Å². The lowest BCUT2D eigenvalue weighted by molar-refractivity contribution is 0.00199. The minimum absolute atomic E-state index is 0.202. The lowest BCUT2D eigenvalue weighted by Crippen LogP contribution is -2.55. The molecule has 33 heavy (non-hydrogen) atoms. The van der Waals surface area contributed by atoms with Crippen LogP contribution in [0.4, 0.5) is 20.3 Å². The van der Waals surface area contributed by atoms with Crippen molar-refractivity contribution < 1.29 is 17.2 Å². The van der Waals surface area contributed by atoms with Gasteiger partial charge in [0.2, 0.25) is 5.95 Å². The third kappa shape index (κ3) is 3.98. The Kier molecular flexibility index (Phi) is 5.77. The first-order valence-corrected chi connectivity index (χ1v) is 13.2. The molecule has 2 atom stereocenters. The first kappa shape index (κ1) is 22.8. The molecular weight excluding hydrogens is 470 g/mol. The molecular formula is C23H27ClF2N4O2S. The van der Waals surface area contributed by atoms with Gasteiger partial charge in [0, 0.05) is 24.5 Å². The van der Waals surface area contributed by atoms with Crippen molar-refractivity contribution in [2.75, 3.05) is 35.8 Å². The van der Waals surface area contributed by atoms with E-state index in [-0.39, 0.29) is 21.8 Å². The van der Waals surface area contributed by atoms with E-state index in [0.717, 1.165) is 45.1 Å². The second-order valence-electron chi connectivity index (χ2n) is 9.45. The summed E-state index contributed by atoms with van der Waals surface area (Å²) < 4.78 is 56.7. The zero-order chi connectivity index (χ0) is 23.4. The molecule has 178 valence electrons. The maximum atomic E-state index is 15.4. The maximum Gasteiger partial charge on any atom is 0.266 e. The molecule has 0 radical (unpaired) electrons. The van der Waals surface area contributed by atoms with E-state index in [1.54, 1.807) is 13.0 Å². The summed E-state index contributed by atoms with van der Waals surface area (Å²) in [4.78, 5) is 7.64. The van der Waals surface area contributed by atoms with Crippen LogP contribution in [0.1, 0.15) is 37.7 Å². The summed E-state index contributed by atoms with van der Waals surface area (Å²) in [5, 5.41) is -0.206. The molecule has 3 fully saturated rings. The summed E-state index contributed by atoms with van der Waals surface area (Å²) in [7, 11) is -4.35. The highest BCUT2D eigenvalue weighted by Crippen LogP contribution is 2.53. The lowest BCUT2D eigenvalue weighted by Gasteiger charge is -2.51. The van der Waals surface area contributed by atoms with Crippen LogP contribution in [0.2, 0.25) is 5.02 Å². The van der Waals surface area contributed by atoms with Crippen LogP contribution >= 0.6 is 11.6 Å². The molecule has 2 aliphatic heterocycles. The summed E-state index contributed by atoms with van der Waals surface area (Å²) in [5.41, 5.74) is 0.966. The van der Waals surface area contributed by atoms with Crippen molar-refractivity contribution in [3.8, 4) is 0 Å². The molecule has 3 aliphatic rings. The monoisotopic (exact) mass is 496 g/mol. The van der Waals surface area contributed by atoms with E-state index in [4.69, 9.17) is 11.6 Å². The SMILES string of the molecule is Cc1cc(N2CC[C@@]3(CC[C@@H]3N3CCCC3)C2)c(Cl)c(F)c1S(=O)(=O)Nc1cccc(F)n1. The Morgan fingerprint density at radius 1 is 1.18 bits per heavy atom. The van der Waals surface area contributed by atoms with Crippen molar-refractivity contribution in [2.45, 2.75) is 50.0 Å². The molecule has 1 aromatic heterocycles. The number of anilines is 2. The van der Waals surface area contributed by atoms with Crippen LogP contribution in [0.25, 0.3) is 0 Å². The van der Waals surface area contributed by atoms with Gasteiger partial charge in [-0.15, -0.1) is 0 Å². The maximum absolute atomic E-state index is 15.4. The van der Waals surface area contributed by atoms with Crippen LogP contribution in [-0.4, -0.2) is 50.5 Å². The topological polar surface area (TPSA) is 65.5 Å². The molecule has 0 bridgehead atoms. The van der Waals surface area contributed by atoms with Crippen molar-refractivity contribution in [3.63, 3.8) is 0 Å². The Bertz CT molecular complexity index is 1190. The molecule has 1 aromatic carbocycles. The third-order valence-corrected chi connectivity index (χ3v) is 9.36. The van der Waals surface area contributed by atoms with E-state index in [1.165, 1.54) is 31.4 Å². The van der Waals surface area contributed by atoms with Crippen molar-refractivity contribution >= 4 is 33.1 Å². The van der Waals surface area contributed by atoms with Crippen molar-refractivity contribution in [1.82, 2.24) is 9.88 Å². The quantitative estimate of drug-likeness (QED) is 0.614. The molecule has 2 saturated heterocycles. The Labute approximate surface area is 198 Å². The van der Waals surface area contributed by atoms with Gasteiger partial charge in [-0.3, -0.25) is 9.62 Å². The van der Waals surface area contributed by atoms with Gasteiger partial charge in [-0.05, 0) is 75.9 Å². The summed E-state index contributed by atoms with van der Waals surface area (Å²) in [5.74, 6) is -2.07. The fraction of sp³-hybridized carbons (Fsp3) is 0.522. The minimum atomic E-state index is -4.35. The summed E-state index contributed by atoms with van der Waals surface area (Å²) in [6.45, 7) is 5.41. The van der Waals surface area contributed by atoms with Gasteiger partial charge in [-0.25, -0.2) is 17.8 Å². The number of hydrogen-bond acceptors (Lipinski definition) is 5. The van der Waals surface area contributed by atoms with Gasteiger partial charge >= 0.3 is 0 Å². The van der Waals surface area contributed by atoms with Crippen LogP contribution in [0.5, 0.6) is 0 Å². The molecule has 1 saturated carbocycles. The fourth-order valence-corrected chi connectivity index (χ4v) is 7.45. The molecule has 6 nitrogen and oxygen atoms in total. The summed E-state index contributed by atoms with van der Waals surface area (Å²) >= 11 is 6.41. The van der Waals surface area contributed by atoms with E-state index < -0.39 is 26.7 Å². The van der Waals surface area contributed by atoms with Gasteiger partial charge in [0.25, 0.3) is 10.0 Å². The zero-order valence-electron chi connectivity index (χ0n) is 18.5. The number of aromatic nitrogens is 1. The predicted octanol–water partition coefficient (Wildman–Crippen LogP) is 4.58. The average Bonchev–Trinajstić information content (AvgIpc) is 3.41. The molecule has 1 aliphatic carbocycles. The second kappa shape index (κ2) is 8.36. The van der Waals surface area contributed by atoms with Crippen molar-refractivity contribution in [2.24, 2.45) is 5.41 Å². The number of halogens is 3. The van der Waals surface area contributed by atoms with E-state index in [0.29, 0.717) is 11.7 Å². The molecule has 10 heteroatoms. The molecule has 0 unspecified atom stereocenters. The number of benzene rings is 1. The third-order valence-electron chi connectivity index (χ3n) is 7.48. The van der Waals surface area contributed by atoms with Crippen molar-refractivity contribution in [3.05, 3.63) is 46.6 Å². The average molecular weight is 497 g/mol. The molecule has 1 spiro atoms. The number of nitrogens with one attached hydrogen (secondary N) is 1. The number of likely N-dealkylation sites (tertiary alicyclic amines) is 1. The Hall–Kier alpha value is -1.97. The molecule has 3 heterocycles. The number of sulfonamides is 1. The minimum Gasteiger partial charge on any atom is -0.370 e. The zero-order valence-corrected chi connectivity index (χ0v) is 20.0. The fourth-order valence-electron chi connectivity index (χ4n) is 5.82. The normalized spacial score (nSPS) is 25.6. The lowest BCUT2D eigenvalue weighted by atomic mass is 9.63. The number of hydrogen-bond donors (Lipinski definition) is 1. The molecule has 5 rings (SSSR count). The highest BCUT2D eigenvalue weighted by atomic mass is 35.5. The largest absolute Gasteiger partial charge is 0.370 e. The van der Waals surface area contributed by atoms with E-state index >= 15 is 4.39 Å². The second-order valence-corrected chi connectivity index (χ2v) is 11.4. The van der Waals surface area contributed by atoms with Crippen LogP contribution in [0.3, 0.4) is 0 Å². The standard InChI is InChI=1S/C23H27ClF2N4O2S/c1-15-13-16(30-12-9-23(14-30)8-7-17(23)29-10-2-3-11-29)20(24)21(26)22(15)33(31,32)28-19-6-4-5-18(25)27-19/h4-6,13,17H,2-3,7-12,14H2,1H3,(H,27,28)/t17-,23-/m0/s1. The predicted molar refractivity (Wildman–Crippen MR) is 124 cm³/mol. The van der Waals surface area contributed by atoms with Crippen molar-refractivity contribution in [1.29, 1.82) is 0 Å². The van der Waals surface area contributed by atoms with E-state index in [9.17, 15) is 12.8 Å². The van der Waals surface area contributed by atoms with E-state index in [2.05, 4.69) is 19.5 Å². The van der Waals surface area contributed by atoms with Gasteiger partial charge in [0.15, 0.2) is 5.82 Å². The smallest absolute Gasteiger partial charge is 0.266 e. The number of rotatable bonds is 5. The molecule has 1 N–H and O–H groups in total. The Balaban J connectivity index is 1.41. The van der Waals surface area contributed by atoms with E-state index in [1.807, 2.05) is 0 Å². The van der Waals surface area contributed by atoms with Gasteiger partial charge in [0.05, 0.1) is 5.69 Å². The number of pyridine rings is 1. The first-order chi connectivity index (χ1) is 15.7. The van der Waals surface area contributed by atoms with Crippen LogP contribution in [0.15, 0.2) is 29.2 Å². The number of nitrogens with zero attached hydrogens (tertiary/aromatic N) is 3. The van der Waals surface area contributed by atoms with Gasteiger partial charge in [0.1, 0.15) is 15.7 Å². The molecule has 2 aromatic rings. The van der Waals surface area contributed by atoms with Gasteiger partial charge in [-0.2, -0.15) is 4.39 Å². The number of aryl methyl sites for hydroxylation is 1. The highest BCUT2D eigenvalue weighted by Gasteiger charge is 2.53. The summed E-state index contributed by atoms with van der Waals surface area (Å²) in [6.07, 6.45) is 5.88. The van der Waals surface area contributed by atoms with Gasteiger partial charge < -0.3 is 4.90 Å². The molecule has 0 amide bonds. The first-order valence-electron chi connectivity index (χ1n) is 11.3. The highest BCUT2D eigenvalue weighted by molar-refractivity contribution is 7.92. The Morgan fingerprint density at radius 2 is 1.94 bits per heavy atom. The summed E-state index contributed by atoms with van der Waals surface area (Å²) in [6, 6.07) is 5.91.